The fraction of sp³-hybridized carbons (Fsp3) is 0.692. The molecule has 0 fully saturated rings. The molecule has 0 saturated carbocycles. The lowest BCUT2D eigenvalue weighted by atomic mass is 10.2. The van der Waals surface area contributed by atoms with Gasteiger partial charge in [0.2, 0.25) is 0 Å². The molecule has 1 heterocycles. The third-order valence-corrected chi connectivity index (χ3v) is 3.29. The van der Waals surface area contributed by atoms with Gasteiger partial charge in [0.05, 0.1) is 16.4 Å². The van der Waals surface area contributed by atoms with Gasteiger partial charge in [0, 0.05) is 26.1 Å². The Morgan fingerprint density at radius 1 is 1.44 bits per heavy atom. The lowest BCUT2D eigenvalue weighted by Gasteiger charge is -2.20. The van der Waals surface area contributed by atoms with Gasteiger partial charge in [0.15, 0.2) is 0 Å². The summed E-state index contributed by atoms with van der Waals surface area (Å²) < 4.78 is 2.09. The fourth-order valence-corrected chi connectivity index (χ4v) is 2.03. The molecule has 1 aromatic heterocycles. The van der Waals surface area contributed by atoms with Crippen molar-refractivity contribution >= 4 is 17.2 Å². The molecular weight excluding hydrogens is 244 g/mol. The van der Waals surface area contributed by atoms with Crippen LogP contribution in [-0.4, -0.2) is 32.8 Å². The highest BCUT2D eigenvalue weighted by Crippen LogP contribution is 2.09. The molecule has 0 radical (unpaired) electrons. The maximum Gasteiger partial charge on any atom is 0.0740 e. The van der Waals surface area contributed by atoms with Crippen LogP contribution in [-0.2, 0) is 19.5 Å². The number of hydrogen-bond donors (Lipinski definition) is 1. The summed E-state index contributed by atoms with van der Waals surface area (Å²) in [5, 5.41) is 4.57. The van der Waals surface area contributed by atoms with Gasteiger partial charge in [-0.1, -0.05) is 26.1 Å². The van der Waals surface area contributed by atoms with Gasteiger partial charge in [-0.05, 0) is 26.0 Å². The van der Waals surface area contributed by atoms with Crippen LogP contribution in [0.15, 0.2) is 6.07 Å². The third-order valence-electron chi connectivity index (χ3n) is 3.08. The van der Waals surface area contributed by atoms with Crippen LogP contribution in [0.4, 0.5) is 0 Å². The Bertz CT molecular complexity index is 386. The van der Waals surface area contributed by atoms with Crippen LogP contribution in [0, 0.1) is 0 Å². The molecule has 0 aliphatic carbocycles. The average molecular weight is 268 g/mol. The van der Waals surface area contributed by atoms with Crippen molar-refractivity contribution in [2.45, 2.75) is 46.7 Å². The van der Waals surface area contributed by atoms with E-state index >= 15 is 0 Å². The van der Waals surface area contributed by atoms with Crippen LogP contribution in [0.1, 0.15) is 38.6 Å². The molecule has 102 valence electrons. The summed E-state index contributed by atoms with van der Waals surface area (Å²) >= 11 is 4.93. The highest BCUT2D eigenvalue weighted by atomic mass is 32.1. The minimum Gasteiger partial charge on any atom is -0.393 e. The third kappa shape index (κ3) is 4.38. The van der Waals surface area contributed by atoms with Gasteiger partial charge in [-0.25, -0.2) is 0 Å². The topological polar surface area (TPSA) is 47.1 Å². The molecule has 0 aliphatic rings. The first kappa shape index (κ1) is 15.1. The standard InChI is InChI=1S/C13H24N4S/c1-4-11-9-12(17(6-3)15-11)10-16(5-2)8-7-13(14)18/h9H,4-8,10H2,1-3H3,(H2,14,18). The molecule has 0 atom stereocenters. The van der Waals surface area contributed by atoms with Gasteiger partial charge in [-0.2, -0.15) is 5.10 Å². The zero-order chi connectivity index (χ0) is 13.5. The molecule has 1 aromatic rings. The summed E-state index contributed by atoms with van der Waals surface area (Å²) in [6.45, 7) is 10.2. The number of aryl methyl sites for hydroxylation is 2. The first-order valence-electron chi connectivity index (χ1n) is 6.66. The summed E-state index contributed by atoms with van der Waals surface area (Å²) in [5.41, 5.74) is 8.00. The second-order valence-electron chi connectivity index (χ2n) is 4.38. The second kappa shape index (κ2) is 7.48. The Kier molecular flexibility index (Phi) is 6.29. The average Bonchev–Trinajstić information content (AvgIpc) is 2.76. The van der Waals surface area contributed by atoms with Crippen molar-refractivity contribution in [2.24, 2.45) is 5.73 Å². The first-order chi connectivity index (χ1) is 8.60. The van der Waals surface area contributed by atoms with Crippen LogP contribution in [0.3, 0.4) is 0 Å². The normalized spacial score (nSPS) is 11.1. The van der Waals surface area contributed by atoms with E-state index in [4.69, 9.17) is 18.0 Å². The highest BCUT2D eigenvalue weighted by Gasteiger charge is 2.10. The minimum absolute atomic E-state index is 0.590. The lowest BCUT2D eigenvalue weighted by Crippen LogP contribution is -2.28. The summed E-state index contributed by atoms with van der Waals surface area (Å²) in [6, 6.07) is 2.20. The highest BCUT2D eigenvalue weighted by molar-refractivity contribution is 7.80. The minimum atomic E-state index is 0.590. The molecule has 0 spiro atoms. The molecular formula is C13H24N4S. The number of aromatic nitrogens is 2. The Balaban J connectivity index is 2.68. The van der Waals surface area contributed by atoms with Gasteiger partial charge in [-0.3, -0.25) is 9.58 Å². The van der Waals surface area contributed by atoms with Crippen molar-refractivity contribution in [1.29, 1.82) is 0 Å². The van der Waals surface area contributed by atoms with E-state index in [0.717, 1.165) is 44.7 Å². The number of hydrogen-bond acceptors (Lipinski definition) is 3. The molecule has 1 rings (SSSR count). The van der Waals surface area contributed by atoms with Crippen LogP contribution in [0.2, 0.25) is 0 Å². The van der Waals surface area contributed by atoms with Crippen molar-refractivity contribution in [3.63, 3.8) is 0 Å². The molecule has 0 saturated heterocycles. The monoisotopic (exact) mass is 268 g/mol. The van der Waals surface area contributed by atoms with Crippen LogP contribution in [0.25, 0.3) is 0 Å². The molecule has 2 N–H and O–H groups in total. The fourth-order valence-electron chi connectivity index (χ4n) is 1.94. The van der Waals surface area contributed by atoms with Crippen molar-refractivity contribution in [1.82, 2.24) is 14.7 Å². The van der Waals surface area contributed by atoms with Crippen molar-refractivity contribution in [3.05, 3.63) is 17.5 Å². The van der Waals surface area contributed by atoms with Gasteiger partial charge in [-0.15, -0.1) is 0 Å². The lowest BCUT2D eigenvalue weighted by molar-refractivity contribution is 0.279. The number of nitrogens with zero attached hydrogens (tertiary/aromatic N) is 3. The van der Waals surface area contributed by atoms with Gasteiger partial charge in [0.25, 0.3) is 0 Å². The van der Waals surface area contributed by atoms with Gasteiger partial charge in [0.1, 0.15) is 0 Å². The van der Waals surface area contributed by atoms with E-state index in [2.05, 4.69) is 41.5 Å². The van der Waals surface area contributed by atoms with Gasteiger partial charge < -0.3 is 5.73 Å². The van der Waals surface area contributed by atoms with E-state index in [1.54, 1.807) is 0 Å². The van der Waals surface area contributed by atoms with Crippen molar-refractivity contribution in [2.75, 3.05) is 13.1 Å². The van der Waals surface area contributed by atoms with Crippen LogP contribution >= 0.6 is 12.2 Å². The Labute approximate surface area is 115 Å². The maximum absolute atomic E-state index is 5.56. The molecule has 4 nitrogen and oxygen atoms in total. The Hall–Kier alpha value is -0.940. The van der Waals surface area contributed by atoms with E-state index < -0.39 is 0 Å². The molecule has 0 aromatic carbocycles. The second-order valence-corrected chi connectivity index (χ2v) is 4.91. The summed E-state index contributed by atoms with van der Waals surface area (Å²) in [7, 11) is 0. The number of nitrogens with two attached hydrogens (primary N) is 1. The van der Waals surface area contributed by atoms with Crippen molar-refractivity contribution in [3.8, 4) is 0 Å². The zero-order valence-electron chi connectivity index (χ0n) is 11.6. The van der Waals surface area contributed by atoms with Crippen LogP contribution < -0.4 is 5.73 Å². The first-order valence-corrected chi connectivity index (χ1v) is 7.07. The SMILES string of the molecule is CCc1cc(CN(CC)CCC(N)=S)n(CC)n1. The van der Waals surface area contributed by atoms with Crippen LogP contribution in [0.5, 0.6) is 0 Å². The molecule has 0 amide bonds. The van der Waals surface area contributed by atoms with E-state index in [-0.39, 0.29) is 0 Å². The molecule has 5 heteroatoms. The predicted molar refractivity (Wildman–Crippen MR) is 79.6 cm³/mol. The molecule has 18 heavy (non-hydrogen) atoms. The van der Waals surface area contributed by atoms with Gasteiger partial charge >= 0.3 is 0 Å². The quantitative estimate of drug-likeness (QED) is 0.732. The molecule has 0 bridgehead atoms. The maximum atomic E-state index is 5.56. The predicted octanol–water partition coefficient (Wildman–Crippen LogP) is 1.96. The molecule has 0 aliphatic heterocycles. The Morgan fingerprint density at radius 3 is 2.67 bits per heavy atom. The van der Waals surface area contributed by atoms with E-state index in [1.807, 2.05) is 0 Å². The molecule has 0 unspecified atom stereocenters. The summed E-state index contributed by atoms with van der Waals surface area (Å²) in [5.74, 6) is 0. The zero-order valence-corrected chi connectivity index (χ0v) is 12.5. The number of rotatable bonds is 8. The van der Waals surface area contributed by atoms with E-state index in [1.165, 1.54) is 5.69 Å². The smallest absolute Gasteiger partial charge is 0.0740 e. The largest absolute Gasteiger partial charge is 0.393 e. The summed E-state index contributed by atoms with van der Waals surface area (Å²) in [6.07, 6.45) is 1.77. The number of thiocarbonyl (C=S) groups is 1. The summed E-state index contributed by atoms with van der Waals surface area (Å²) in [4.78, 5) is 2.94. The van der Waals surface area contributed by atoms with E-state index in [0.29, 0.717) is 4.99 Å². The Morgan fingerprint density at radius 2 is 2.17 bits per heavy atom. The van der Waals surface area contributed by atoms with Crippen molar-refractivity contribution < 1.29 is 0 Å². The van der Waals surface area contributed by atoms with E-state index in [9.17, 15) is 0 Å².